The van der Waals surface area contributed by atoms with Crippen LogP contribution in [0, 0.1) is 0 Å². The van der Waals surface area contributed by atoms with Crippen molar-refractivity contribution < 1.29 is 9.53 Å². The molecule has 1 amide bonds. The van der Waals surface area contributed by atoms with Crippen LogP contribution in [-0.2, 0) is 11.2 Å². The number of pyridine rings is 1. The molecule has 1 atom stereocenters. The summed E-state index contributed by atoms with van der Waals surface area (Å²) in [5.74, 6) is 0. The molecule has 9 heteroatoms. The van der Waals surface area contributed by atoms with Crippen molar-refractivity contribution in [1.29, 1.82) is 0 Å². The quantitative estimate of drug-likeness (QED) is 0.753. The Labute approximate surface area is 172 Å². The van der Waals surface area contributed by atoms with Gasteiger partial charge in [0.15, 0.2) is 11.2 Å². The fourth-order valence-corrected chi connectivity index (χ4v) is 3.69. The van der Waals surface area contributed by atoms with Crippen LogP contribution in [-0.4, -0.2) is 57.2 Å². The number of nitrogens with one attached hydrogen (secondary N) is 1. The van der Waals surface area contributed by atoms with Gasteiger partial charge in [0.1, 0.15) is 15.9 Å². The van der Waals surface area contributed by atoms with Crippen molar-refractivity contribution in [1.82, 2.24) is 19.9 Å². The van der Waals surface area contributed by atoms with E-state index in [1.54, 1.807) is 11.1 Å². The zero-order valence-corrected chi connectivity index (χ0v) is 18.5. The SMILES string of the molecule is CCc1[nH]c2ncc(Br)nc2c(=O)c1N1CCN(C(=O)OC(C)(C)C)CC1C. The molecular formula is C19H26BrN5O3. The minimum absolute atomic E-state index is 0.0368. The van der Waals surface area contributed by atoms with E-state index in [0.29, 0.717) is 47.5 Å². The molecule has 0 aliphatic carbocycles. The molecule has 8 nitrogen and oxygen atoms in total. The van der Waals surface area contributed by atoms with Crippen molar-refractivity contribution in [2.75, 3.05) is 24.5 Å². The van der Waals surface area contributed by atoms with E-state index in [4.69, 9.17) is 4.74 Å². The van der Waals surface area contributed by atoms with E-state index in [1.807, 2.05) is 34.6 Å². The molecule has 3 heterocycles. The van der Waals surface area contributed by atoms with E-state index in [9.17, 15) is 9.59 Å². The van der Waals surface area contributed by atoms with Crippen molar-refractivity contribution >= 4 is 38.9 Å². The fraction of sp³-hybridized carbons (Fsp3) is 0.579. The minimum atomic E-state index is -0.533. The number of fused-ring (bicyclic) bond motifs is 1. The number of nitrogens with zero attached hydrogens (tertiary/aromatic N) is 4. The van der Waals surface area contributed by atoms with Crippen LogP contribution in [0.3, 0.4) is 0 Å². The average Bonchev–Trinajstić information content (AvgIpc) is 2.61. The minimum Gasteiger partial charge on any atom is -0.444 e. The van der Waals surface area contributed by atoms with Gasteiger partial charge in [0.2, 0.25) is 5.43 Å². The van der Waals surface area contributed by atoms with Crippen molar-refractivity contribution in [2.45, 2.75) is 52.7 Å². The van der Waals surface area contributed by atoms with Gasteiger partial charge in [-0.2, -0.15) is 0 Å². The molecule has 0 saturated carbocycles. The molecule has 0 aromatic carbocycles. The first-order chi connectivity index (χ1) is 13.1. The van der Waals surface area contributed by atoms with Gasteiger partial charge in [-0.3, -0.25) is 4.79 Å². The maximum atomic E-state index is 13.2. The Morgan fingerprint density at radius 2 is 2.11 bits per heavy atom. The number of aromatic nitrogens is 3. The number of rotatable bonds is 2. The molecule has 152 valence electrons. The number of H-pyrrole nitrogens is 1. The maximum Gasteiger partial charge on any atom is 0.410 e. The Hall–Kier alpha value is -2.16. The van der Waals surface area contributed by atoms with Gasteiger partial charge in [-0.25, -0.2) is 14.8 Å². The van der Waals surface area contributed by atoms with E-state index in [1.165, 1.54) is 0 Å². The first kappa shape index (κ1) is 20.6. The van der Waals surface area contributed by atoms with Crippen LogP contribution < -0.4 is 10.3 Å². The Bertz CT molecular complexity index is 953. The third-order valence-electron chi connectivity index (χ3n) is 4.65. The van der Waals surface area contributed by atoms with E-state index < -0.39 is 5.60 Å². The van der Waals surface area contributed by atoms with Gasteiger partial charge in [0, 0.05) is 31.4 Å². The lowest BCUT2D eigenvalue weighted by molar-refractivity contribution is 0.0218. The van der Waals surface area contributed by atoms with Crippen LogP contribution in [0.4, 0.5) is 10.5 Å². The number of piperazine rings is 1. The predicted molar refractivity (Wildman–Crippen MR) is 112 cm³/mol. The van der Waals surface area contributed by atoms with Crippen LogP contribution in [0.25, 0.3) is 11.2 Å². The highest BCUT2D eigenvalue weighted by Gasteiger charge is 2.32. The molecule has 3 rings (SSSR count). The number of carbonyl (C=O) groups excluding carboxylic acids is 1. The van der Waals surface area contributed by atoms with Crippen molar-refractivity contribution in [3.63, 3.8) is 0 Å². The lowest BCUT2D eigenvalue weighted by Gasteiger charge is -2.41. The normalized spacial score (nSPS) is 17.9. The van der Waals surface area contributed by atoms with Crippen LogP contribution in [0.15, 0.2) is 15.6 Å². The number of amides is 1. The Morgan fingerprint density at radius 3 is 2.71 bits per heavy atom. The van der Waals surface area contributed by atoms with Crippen molar-refractivity contribution in [3.8, 4) is 0 Å². The molecule has 1 unspecified atom stereocenters. The highest BCUT2D eigenvalue weighted by atomic mass is 79.9. The van der Waals surface area contributed by atoms with E-state index >= 15 is 0 Å². The van der Waals surface area contributed by atoms with Gasteiger partial charge in [0.25, 0.3) is 0 Å². The summed E-state index contributed by atoms with van der Waals surface area (Å²) in [7, 11) is 0. The summed E-state index contributed by atoms with van der Waals surface area (Å²) in [6.45, 7) is 11.1. The molecule has 1 saturated heterocycles. The molecule has 1 fully saturated rings. The summed E-state index contributed by atoms with van der Waals surface area (Å²) in [4.78, 5) is 41.2. The molecule has 0 spiro atoms. The third kappa shape index (κ3) is 4.14. The van der Waals surface area contributed by atoms with E-state index in [2.05, 4.69) is 35.8 Å². The van der Waals surface area contributed by atoms with Crippen LogP contribution in [0.2, 0.25) is 0 Å². The lowest BCUT2D eigenvalue weighted by atomic mass is 10.1. The van der Waals surface area contributed by atoms with Gasteiger partial charge in [-0.05, 0) is 50.0 Å². The standard InChI is InChI=1S/C19H26BrN5O3/c1-6-12-15(16(26)14-17(22-12)21-9-13(20)23-14)25-8-7-24(10-11(25)2)18(27)28-19(3,4)5/h9,11H,6-8,10H2,1-5H3,(H,21,22,26). The first-order valence-electron chi connectivity index (χ1n) is 9.42. The smallest absolute Gasteiger partial charge is 0.410 e. The fourth-order valence-electron chi connectivity index (χ4n) is 3.41. The molecule has 1 N–H and O–H groups in total. The molecule has 2 aromatic rings. The highest BCUT2D eigenvalue weighted by molar-refractivity contribution is 9.10. The summed E-state index contributed by atoms with van der Waals surface area (Å²) in [6.07, 6.45) is 1.91. The monoisotopic (exact) mass is 451 g/mol. The maximum absolute atomic E-state index is 13.2. The highest BCUT2D eigenvalue weighted by Crippen LogP contribution is 2.24. The zero-order chi connectivity index (χ0) is 20.6. The van der Waals surface area contributed by atoms with Crippen molar-refractivity contribution in [3.05, 3.63) is 26.7 Å². The largest absolute Gasteiger partial charge is 0.444 e. The number of halogens is 1. The molecule has 2 aromatic heterocycles. The number of anilines is 1. The summed E-state index contributed by atoms with van der Waals surface area (Å²) >= 11 is 3.28. The van der Waals surface area contributed by atoms with Gasteiger partial charge in [-0.1, -0.05) is 6.92 Å². The van der Waals surface area contributed by atoms with Crippen molar-refractivity contribution in [2.24, 2.45) is 0 Å². The van der Waals surface area contributed by atoms with Gasteiger partial charge in [0.05, 0.1) is 6.20 Å². The summed E-state index contributed by atoms with van der Waals surface area (Å²) in [5.41, 5.74) is 1.55. The number of aryl methyl sites for hydroxylation is 1. The number of ether oxygens (including phenoxy) is 1. The third-order valence-corrected chi connectivity index (χ3v) is 5.03. The Balaban J connectivity index is 1.92. The summed E-state index contributed by atoms with van der Waals surface area (Å²) in [5, 5.41) is 0. The van der Waals surface area contributed by atoms with Crippen LogP contribution in [0.1, 0.15) is 40.3 Å². The summed E-state index contributed by atoms with van der Waals surface area (Å²) < 4.78 is 6.00. The second-order valence-corrected chi connectivity index (χ2v) is 8.81. The second kappa shape index (κ2) is 7.69. The van der Waals surface area contributed by atoms with Crippen LogP contribution in [0.5, 0.6) is 0 Å². The number of aromatic amines is 1. The summed E-state index contributed by atoms with van der Waals surface area (Å²) in [6, 6.07) is -0.0368. The Kier molecular flexibility index (Phi) is 5.65. The van der Waals surface area contributed by atoms with E-state index in [-0.39, 0.29) is 17.6 Å². The lowest BCUT2D eigenvalue weighted by Crippen LogP contribution is -2.55. The van der Waals surface area contributed by atoms with Crippen LogP contribution >= 0.6 is 15.9 Å². The first-order valence-corrected chi connectivity index (χ1v) is 10.2. The molecule has 1 aliphatic rings. The topological polar surface area (TPSA) is 91.4 Å². The predicted octanol–water partition coefficient (Wildman–Crippen LogP) is 3.09. The molecule has 1 aliphatic heterocycles. The average molecular weight is 452 g/mol. The second-order valence-electron chi connectivity index (χ2n) is 7.99. The van der Waals surface area contributed by atoms with E-state index in [0.717, 1.165) is 5.69 Å². The molecule has 0 radical (unpaired) electrons. The number of carbonyl (C=O) groups is 1. The number of hydrogen-bond acceptors (Lipinski definition) is 6. The van der Waals surface area contributed by atoms with Gasteiger partial charge >= 0.3 is 6.09 Å². The van der Waals surface area contributed by atoms with Gasteiger partial charge < -0.3 is 19.5 Å². The Morgan fingerprint density at radius 1 is 1.39 bits per heavy atom. The molecular weight excluding hydrogens is 426 g/mol. The van der Waals surface area contributed by atoms with Gasteiger partial charge in [-0.15, -0.1) is 0 Å². The molecule has 28 heavy (non-hydrogen) atoms. The molecule has 0 bridgehead atoms. The zero-order valence-electron chi connectivity index (χ0n) is 16.9. The number of hydrogen-bond donors (Lipinski definition) is 1.